The fourth-order valence-corrected chi connectivity index (χ4v) is 5.56. The maximum absolute atomic E-state index is 12.7. The van der Waals surface area contributed by atoms with Crippen LogP contribution in [-0.4, -0.2) is 26.1 Å². The van der Waals surface area contributed by atoms with E-state index in [-0.39, 0.29) is 23.1 Å². The molecule has 0 saturated heterocycles. The van der Waals surface area contributed by atoms with Gasteiger partial charge in [0.05, 0.1) is 17.4 Å². The van der Waals surface area contributed by atoms with Crippen molar-refractivity contribution in [3.8, 4) is 0 Å². The summed E-state index contributed by atoms with van der Waals surface area (Å²) in [5.41, 5.74) is -0.0281. The van der Waals surface area contributed by atoms with Crippen LogP contribution >= 0.6 is 0 Å². The molecule has 5 rings (SSSR count). The molecule has 0 radical (unpaired) electrons. The summed E-state index contributed by atoms with van der Waals surface area (Å²) in [6.45, 7) is 2.23. The Hall–Kier alpha value is -1.92. The minimum atomic E-state index is -0.469. The van der Waals surface area contributed by atoms with Crippen LogP contribution in [0.5, 0.6) is 0 Å². The molecule has 4 bridgehead atoms. The third-order valence-electron chi connectivity index (χ3n) is 6.17. The summed E-state index contributed by atoms with van der Waals surface area (Å²) in [4.78, 5) is 22.9. The Morgan fingerprint density at radius 2 is 1.96 bits per heavy atom. The fraction of sp³-hybridized carbons (Fsp3) is 0.765. The zero-order valence-corrected chi connectivity index (χ0v) is 14.0. The van der Waals surface area contributed by atoms with Crippen LogP contribution in [-0.2, 0) is 11.3 Å². The van der Waals surface area contributed by atoms with Crippen LogP contribution in [0.2, 0.25) is 0 Å². The van der Waals surface area contributed by atoms with E-state index in [1.807, 2.05) is 6.92 Å². The number of hydrogen-bond donors (Lipinski definition) is 1. The highest BCUT2D eigenvalue weighted by Crippen LogP contribution is 2.55. The Morgan fingerprint density at radius 3 is 2.46 bits per heavy atom. The first-order valence-electron chi connectivity index (χ1n) is 8.91. The maximum atomic E-state index is 12.7. The fourth-order valence-electron chi connectivity index (χ4n) is 5.56. The van der Waals surface area contributed by atoms with E-state index >= 15 is 0 Å². The number of amides is 1. The number of nitrogens with one attached hydrogen (secondary N) is 1. The molecule has 1 N–H and O–H groups in total. The van der Waals surface area contributed by atoms with Gasteiger partial charge in [-0.15, -0.1) is 0 Å². The van der Waals surface area contributed by atoms with Crippen molar-refractivity contribution >= 4 is 11.6 Å². The topological polar surface area (TPSA) is 90.1 Å². The highest BCUT2D eigenvalue weighted by molar-refractivity contribution is 5.79. The van der Waals surface area contributed by atoms with Crippen molar-refractivity contribution < 1.29 is 9.72 Å². The third kappa shape index (κ3) is 2.80. The van der Waals surface area contributed by atoms with E-state index in [9.17, 15) is 14.9 Å². The lowest BCUT2D eigenvalue weighted by Crippen LogP contribution is -2.60. The van der Waals surface area contributed by atoms with Crippen molar-refractivity contribution in [3.05, 3.63) is 22.5 Å². The molecule has 4 saturated carbocycles. The quantitative estimate of drug-likeness (QED) is 0.662. The molecule has 0 spiro atoms. The summed E-state index contributed by atoms with van der Waals surface area (Å²) >= 11 is 0. The van der Waals surface area contributed by atoms with Gasteiger partial charge >= 0.3 is 5.69 Å². The van der Waals surface area contributed by atoms with Gasteiger partial charge in [-0.3, -0.25) is 19.6 Å². The molecular formula is C17H24N4O3. The molecule has 1 atom stereocenters. The van der Waals surface area contributed by atoms with Crippen LogP contribution in [0.15, 0.2) is 12.4 Å². The van der Waals surface area contributed by atoms with Gasteiger partial charge in [0.15, 0.2) is 0 Å². The molecule has 130 valence electrons. The Morgan fingerprint density at radius 1 is 1.38 bits per heavy atom. The van der Waals surface area contributed by atoms with Crippen molar-refractivity contribution in [1.82, 2.24) is 15.1 Å². The normalized spacial score (nSPS) is 35.0. The Balaban J connectivity index is 1.39. The molecule has 1 aromatic rings. The Kier molecular flexibility index (Phi) is 3.62. The summed E-state index contributed by atoms with van der Waals surface area (Å²) in [7, 11) is 0. The van der Waals surface area contributed by atoms with Crippen molar-refractivity contribution in [2.75, 3.05) is 0 Å². The standard InChI is InChI=1S/C17H24N4O3/c1-11(9-20-10-15(8-18-20)21(23)24)16(22)19-17-5-12-2-13(6-17)4-14(3-12)7-17/h8,10-14H,2-7,9H2,1H3,(H,19,22). The minimum Gasteiger partial charge on any atom is -0.350 e. The summed E-state index contributed by atoms with van der Waals surface area (Å²) in [6, 6.07) is 0. The molecule has 1 aromatic heterocycles. The zero-order valence-electron chi connectivity index (χ0n) is 14.0. The predicted octanol–water partition coefficient (Wildman–Crippen LogP) is 2.51. The van der Waals surface area contributed by atoms with Crippen LogP contribution in [0.3, 0.4) is 0 Å². The molecule has 7 nitrogen and oxygen atoms in total. The second-order valence-corrected chi connectivity index (χ2v) is 8.27. The average molecular weight is 332 g/mol. The molecule has 4 fully saturated rings. The lowest BCUT2D eigenvalue weighted by Gasteiger charge is -2.57. The highest BCUT2D eigenvalue weighted by atomic mass is 16.6. The predicted molar refractivity (Wildman–Crippen MR) is 87.1 cm³/mol. The van der Waals surface area contributed by atoms with Gasteiger partial charge in [0, 0.05) is 5.54 Å². The third-order valence-corrected chi connectivity index (χ3v) is 6.17. The highest BCUT2D eigenvalue weighted by Gasteiger charge is 2.51. The van der Waals surface area contributed by atoms with Crippen molar-refractivity contribution in [1.29, 1.82) is 0 Å². The van der Waals surface area contributed by atoms with E-state index in [2.05, 4.69) is 10.4 Å². The first kappa shape index (κ1) is 15.6. The molecule has 24 heavy (non-hydrogen) atoms. The molecule has 7 heteroatoms. The number of carbonyl (C=O) groups is 1. The molecule has 4 aliphatic rings. The van der Waals surface area contributed by atoms with Gasteiger partial charge in [0.1, 0.15) is 12.4 Å². The first-order valence-corrected chi connectivity index (χ1v) is 8.91. The second kappa shape index (κ2) is 5.57. The van der Waals surface area contributed by atoms with Gasteiger partial charge in [-0.25, -0.2) is 0 Å². The lowest BCUT2D eigenvalue weighted by molar-refractivity contribution is -0.385. The van der Waals surface area contributed by atoms with E-state index in [4.69, 9.17) is 0 Å². The van der Waals surface area contributed by atoms with Crippen molar-refractivity contribution in [2.45, 2.75) is 57.5 Å². The summed E-state index contributed by atoms with van der Waals surface area (Å²) in [6.07, 6.45) is 10.0. The van der Waals surface area contributed by atoms with Crippen LogP contribution in [0, 0.1) is 33.8 Å². The van der Waals surface area contributed by atoms with Crippen molar-refractivity contribution in [3.63, 3.8) is 0 Å². The summed E-state index contributed by atoms with van der Waals surface area (Å²) in [5, 5.41) is 18.1. The molecule has 1 unspecified atom stereocenters. The minimum absolute atomic E-state index is 0.0101. The second-order valence-electron chi connectivity index (χ2n) is 8.27. The van der Waals surface area contributed by atoms with E-state index in [1.165, 1.54) is 36.3 Å². The first-order chi connectivity index (χ1) is 11.4. The Bertz CT molecular complexity index is 633. The van der Waals surface area contributed by atoms with Crippen LogP contribution in [0.4, 0.5) is 5.69 Å². The van der Waals surface area contributed by atoms with E-state index in [1.54, 1.807) is 0 Å². The molecule has 4 aliphatic carbocycles. The molecule has 1 heterocycles. The number of hydrogen-bond acceptors (Lipinski definition) is 4. The monoisotopic (exact) mass is 332 g/mol. The van der Waals surface area contributed by atoms with E-state index < -0.39 is 4.92 Å². The van der Waals surface area contributed by atoms with E-state index in [0.29, 0.717) is 6.54 Å². The number of aromatic nitrogens is 2. The number of rotatable bonds is 5. The number of nitrogens with zero attached hydrogens (tertiary/aromatic N) is 3. The largest absolute Gasteiger partial charge is 0.350 e. The van der Waals surface area contributed by atoms with Crippen molar-refractivity contribution in [2.24, 2.45) is 23.7 Å². The number of carbonyl (C=O) groups excluding carboxylic acids is 1. The van der Waals surface area contributed by atoms with E-state index in [0.717, 1.165) is 37.0 Å². The zero-order chi connectivity index (χ0) is 16.9. The number of nitro groups is 1. The van der Waals surface area contributed by atoms with Gasteiger partial charge in [-0.2, -0.15) is 5.10 Å². The Labute approximate surface area is 140 Å². The maximum Gasteiger partial charge on any atom is 0.306 e. The lowest BCUT2D eigenvalue weighted by atomic mass is 9.53. The van der Waals surface area contributed by atoms with Crippen LogP contribution in [0.25, 0.3) is 0 Å². The van der Waals surface area contributed by atoms with Crippen LogP contribution < -0.4 is 5.32 Å². The SMILES string of the molecule is CC(Cn1cc([N+](=O)[O-])cn1)C(=O)NC12CC3CC(CC(C3)C1)C2. The van der Waals surface area contributed by atoms with Gasteiger partial charge in [-0.1, -0.05) is 6.92 Å². The van der Waals surface area contributed by atoms with Crippen LogP contribution in [0.1, 0.15) is 45.4 Å². The molecular weight excluding hydrogens is 308 g/mol. The summed E-state index contributed by atoms with van der Waals surface area (Å²) in [5.74, 6) is 2.18. The van der Waals surface area contributed by atoms with Gasteiger partial charge in [0.25, 0.3) is 0 Å². The van der Waals surface area contributed by atoms with Gasteiger partial charge in [0.2, 0.25) is 5.91 Å². The average Bonchev–Trinajstić information content (AvgIpc) is 2.94. The molecule has 0 aromatic carbocycles. The smallest absolute Gasteiger partial charge is 0.306 e. The molecule has 0 aliphatic heterocycles. The van der Waals surface area contributed by atoms with Gasteiger partial charge in [-0.05, 0) is 56.3 Å². The molecule has 1 amide bonds. The van der Waals surface area contributed by atoms with Gasteiger partial charge < -0.3 is 5.32 Å². The summed E-state index contributed by atoms with van der Waals surface area (Å²) < 4.78 is 1.49.